The van der Waals surface area contributed by atoms with Gasteiger partial charge in [0.05, 0.1) is 0 Å². The standard InChI is InChI=1S/C10H19F2N/c1-9(2,7-13-3)5-4-8-6-10(8,11)12/h8,13H,4-7H2,1-3H3. The zero-order valence-corrected chi connectivity index (χ0v) is 8.66. The van der Waals surface area contributed by atoms with Gasteiger partial charge in [-0.15, -0.1) is 0 Å². The van der Waals surface area contributed by atoms with E-state index < -0.39 is 5.92 Å². The summed E-state index contributed by atoms with van der Waals surface area (Å²) in [4.78, 5) is 0. The van der Waals surface area contributed by atoms with Crippen LogP contribution in [0.4, 0.5) is 8.78 Å². The summed E-state index contributed by atoms with van der Waals surface area (Å²) in [5.41, 5.74) is 0.146. The minimum Gasteiger partial charge on any atom is -0.319 e. The molecule has 1 N–H and O–H groups in total. The molecule has 3 heteroatoms. The molecule has 0 bridgehead atoms. The molecule has 0 aromatic rings. The monoisotopic (exact) mass is 191 g/mol. The number of hydrogen-bond donors (Lipinski definition) is 1. The van der Waals surface area contributed by atoms with Gasteiger partial charge < -0.3 is 5.32 Å². The first kappa shape index (κ1) is 10.9. The lowest BCUT2D eigenvalue weighted by Gasteiger charge is -2.23. The predicted molar refractivity (Wildman–Crippen MR) is 50.0 cm³/mol. The molecule has 13 heavy (non-hydrogen) atoms. The number of rotatable bonds is 5. The third-order valence-electron chi connectivity index (χ3n) is 2.78. The van der Waals surface area contributed by atoms with E-state index in [9.17, 15) is 8.78 Å². The fourth-order valence-electron chi connectivity index (χ4n) is 1.71. The first-order valence-electron chi connectivity index (χ1n) is 4.90. The van der Waals surface area contributed by atoms with Crippen LogP contribution >= 0.6 is 0 Å². The summed E-state index contributed by atoms with van der Waals surface area (Å²) in [6, 6.07) is 0. The van der Waals surface area contributed by atoms with Gasteiger partial charge >= 0.3 is 0 Å². The van der Waals surface area contributed by atoms with Gasteiger partial charge in [-0.25, -0.2) is 8.78 Å². The molecule has 1 aliphatic rings. The highest BCUT2D eigenvalue weighted by Gasteiger charge is 2.56. The summed E-state index contributed by atoms with van der Waals surface area (Å²) in [6.07, 6.45) is 1.67. The molecule has 0 saturated heterocycles. The number of hydrogen-bond acceptors (Lipinski definition) is 1. The largest absolute Gasteiger partial charge is 0.319 e. The Morgan fingerprint density at radius 1 is 1.46 bits per heavy atom. The second-order valence-corrected chi connectivity index (χ2v) is 4.90. The molecule has 0 radical (unpaired) electrons. The summed E-state index contributed by atoms with van der Waals surface area (Å²) in [5.74, 6) is -2.67. The normalized spacial score (nSPS) is 26.1. The molecule has 0 aliphatic heterocycles. The Kier molecular flexibility index (Phi) is 2.95. The Morgan fingerprint density at radius 3 is 2.38 bits per heavy atom. The fourth-order valence-corrected chi connectivity index (χ4v) is 1.71. The van der Waals surface area contributed by atoms with E-state index in [-0.39, 0.29) is 17.8 Å². The maximum atomic E-state index is 12.5. The van der Waals surface area contributed by atoms with Crippen molar-refractivity contribution in [2.24, 2.45) is 11.3 Å². The Morgan fingerprint density at radius 2 is 2.00 bits per heavy atom. The minimum atomic E-state index is -2.34. The zero-order chi connectivity index (χ0) is 10.1. The second-order valence-electron chi connectivity index (χ2n) is 4.90. The summed E-state index contributed by atoms with van der Waals surface area (Å²) in [5, 5.41) is 3.09. The highest BCUT2D eigenvalue weighted by atomic mass is 19.3. The van der Waals surface area contributed by atoms with Gasteiger partial charge in [0.2, 0.25) is 0 Å². The third-order valence-corrected chi connectivity index (χ3v) is 2.78. The molecule has 1 saturated carbocycles. The quantitative estimate of drug-likeness (QED) is 0.704. The molecule has 1 nitrogen and oxygen atoms in total. The number of nitrogens with one attached hydrogen (secondary N) is 1. The van der Waals surface area contributed by atoms with Gasteiger partial charge in [0.1, 0.15) is 0 Å². The summed E-state index contributed by atoms with van der Waals surface area (Å²) in [6.45, 7) is 5.12. The number of alkyl halides is 2. The smallest absolute Gasteiger partial charge is 0.251 e. The lowest BCUT2D eigenvalue weighted by Crippen LogP contribution is -2.26. The lowest BCUT2D eigenvalue weighted by atomic mass is 9.87. The molecular formula is C10H19F2N. The lowest BCUT2D eigenvalue weighted by molar-refractivity contribution is 0.0937. The molecule has 1 atom stereocenters. The molecule has 0 aromatic carbocycles. The first-order chi connectivity index (χ1) is 5.87. The molecule has 0 spiro atoms. The Hall–Kier alpha value is -0.180. The van der Waals surface area contributed by atoms with Gasteiger partial charge in [-0.05, 0) is 31.8 Å². The molecule has 0 aromatic heterocycles. The van der Waals surface area contributed by atoms with E-state index in [1.165, 1.54) is 0 Å². The maximum Gasteiger partial charge on any atom is 0.251 e. The molecular weight excluding hydrogens is 172 g/mol. The SMILES string of the molecule is CNCC(C)(C)CCC1CC1(F)F. The predicted octanol–water partition coefficient (Wildman–Crippen LogP) is 2.67. The average Bonchev–Trinajstić information content (AvgIpc) is 2.55. The molecule has 0 heterocycles. The molecule has 78 valence electrons. The maximum absolute atomic E-state index is 12.5. The van der Waals surface area contributed by atoms with Crippen molar-refractivity contribution < 1.29 is 8.78 Å². The van der Waals surface area contributed by atoms with Crippen molar-refractivity contribution in [3.05, 3.63) is 0 Å². The number of halogens is 2. The van der Waals surface area contributed by atoms with Crippen LogP contribution in [-0.2, 0) is 0 Å². The van der Waals surface area contributed by atoms with Crippen molar-refractivity contribution in [2.75, 3.05) is 13.6 Å². The van der Waals surface area contributed by atoms with E-state index in [2.05, 4.69) is 19.2 Å². The van der Waals surface area contributed by atoms with Crippen molar-refractivity contribution in [1.82, 2.24) is 5.32 Å². The van der Waals surface area contributed by atoms with E-state index in [4.69, 9.17) is 0 Å². The zero-order valence-electron chi connectivity index (χ0n) is 8.66. The van der Waals surface area contributed by atoms with Gasteiger partial charge in [-0.2, -0.15) is 0 Å². The van der Waals surface area contributed by atoms with Crippen LogP contribution in [0, 0.1) is 11.3 Å². The minimum absolute atomic E-state index is 0.114. The summed E-state index contributed by atoms with van der Waals surface area (Å²) >= 11 is 0. The van der Waals surface area contributed by atoms with Crippen molar-refractivity contribution in [3.8, 4) is 0 Å². The van der Waals surface area contributed by atoms with Crippen LogP contribution in [-0.4, -0.2) is 19.5 Å². The van der Waals surface area contributed by atoms with Gasteiger partial charge in [0.15, 0.2) is 0 Å². The van der Waals surface area contributed by atoms with E-state index in [1.54, 1.807) is 0 Å². The van der Waals surface area contributed by atoms with E-state index >= 15 is 0 Å². The van der Waals surface area contributed by atoms with Crippen LogP contribution in [0.5, 0.6) is 0 Å². The highest BCUT2D eigenvalue weighted by Crippen LogP contribution is 2.52. The van der Waals surface area contributed by atoms with Crippen molar-refractivity contribution in [2.45, 2.75) is 39.0 Å². The third kappa shape index (κ3) is 3.22. The van der Waals surface area contributed by atoms with Gasteiger partial charge in [0, 0.05) is 12.3 Å². The Balaban J connectivity index is 2.19. The Labute approximate surface area is 78.9 Å². The van der Waals surface area contributed by atoms with Crippen LogP contribution < -0.4 is 5.32 Å². The van der Waals surface area contributed by atoms with Crippen molar-refractivity contribution in [1.29, 1.82) is 0 Å². The molecule has 1 unspecified atom stereocenters. The second kappa shape index (κ2) is 3.52. The van der Waals surface area contributed by atoms with E-state index in [0.29, 0.717) is 6.42 Å². The van der Waals surface area contributed by atoms with Crippen LogP contribution in [0.3, 0.4) is 0 Å². The molecule has 0 amide bonds. The summed E-state index contributed by atoms with van der Waals surface area (Å²) in [7, 11) is 1.90. The average molecular weight is 191 g/mol. The molecule has 1 fully saturated rings. The van der Waals surface area contributed by atoms with Crippen LogP contribution in [0.15, 0.2) is 0 Å². The van der Waals surface area contributed by atoms with Crippen LogP contribution in [0.1, 0.15) is 33.1 Å². The van der Waals surface area contributed by atoms with Gasteiger partial charge in [0.25, 0.3) is 5.92 Å². The highest BCUT2D eigenvalue weighted by molar-refractivity contribution is 4.95. The topological polar surface area (TPSA) is 12.0 Å². The van der Waals surface area contributed by atoms with Crippen LogP contribution in [0.2, 0.25) is 0 Å². The van der Waals surface area contributed by atoms with Gasteiger partial charge in [-0.1, -0.05) is 13.8 Å². The van der Waals surface area contributed by atoms with Crippen molar-refractivity contribution >= 4 is 0 Å². The van der Waals surface area contributed by atoms with E-state index in [1.807, 2.05) is 7.05 Å². The molecule has 1 rings (SSSR count). The molecule has 1 aliphatic carbocycles. The summed E-state index contributed by atoms with van der Waals surface area (Å²) < 4.78 is 25.1. The van der Waals surface area contributed by atoms with Gasteiger partial charge in [-0.3, -0.25) is 0 Å². The van der Waals surface area contributed by atoms with Crippen LogP contribution in [0.25, 0.3) is 0 Å². The first-order valence-corrected chi connectivity index (χ1v) is 4.90. The Bertz CT molecular complexity index is 178. The van der Waals surface area contributed by atoms with Crippen molar-refractivity contribution in [3.63, 3.8) is 0 Å². The van der Waals surface area contributed by atoms with E-state index in [0.717, 1.165) is 13.0 Å². The fraction of sp³-hybridized carbons (Fsp3) is 1.00.